The van der Waals surface area contributed by atoms with Crippen molar-refractivity contribution in [3.8, 4) is 0 Å². The second-order valence-electron chi connectivity index (χ2n) is 5.17. The highest BCUT2D eigenvalue weighted by Crippen LogP contribution is 2.16. The summed E-state index contributed by atoms with van der Waals surface area (Å²) >= 11 is 0. The first-order valence-electron chi connectivity index (χ1n) is 7.30. The van der Waals surface area contributed by atoms with Crippen molar-refractivity contribution in [2.24, 2.45) is 0 Å². The summed E-state index contributed by atoms with van der Waals surface area (Å²) in [5.41, 5.74) is 3.01. The molecule has 0 radical (unpaired) electrons. The SMILES string of the molecule is CCCNCc1ccc(CN(C)c2cccc(F)c2)nc1. The topological polar surface area (TPSA) is 28.2 Å². The van der Waals surface area contributed by atoms with E-state index in [1.807, 2.05) is 30.3 Å². The minimum Gasteiger partial charge on any atom is -0.369 e. The highest BCUT2D eigenvalue weighted by Gasteiger charge is 2.04. The summed E-state index contributed by atoms with van der Waals surface area (Å²) in [5.74, 6) is -0.218. The molecule has 0 aliphatic heterocycles. The van der Waals surface area contributed by atoms with Crippen LogP contribution in [0.15, 0.2) is 42.6 Å². The lowest BCUT2D eigenvalue weighted by atomic mass is 10.2. The number of anilines is 1. The van der Waals surface area contributed by atoms with E-state index in [1.165, 1.54) is 17.7 Å². The molecule has 0 bridgehead atoms. The maximum absolute atomic E-state index is 13.2. The van der Waals surface area contributed by atoms with E-state index in [4.69, 9.17) is 0 Å². The van der Waals surface area contributed by atoms with Gasteiger partial charge in [0.15, 0.2) is 0 Å². The third-order valence-corrected chi connectivity index (χ3v) is 3.29. The van der Waals surface area contributed by atoms with Gasteiger partial charge in [0.05, 0.1) is 12.2 Å². The van der Waals surface area contributed by atoms with E-state index < -0.39 is 0 Å². The van der Waals surface area contributed by atoms with Gasteiger partial charge in [-0.15, -0.1) is 0 Å². The van der Waals surface area contributed by atoms with E-state index in [1.54, 1.807) is 6.07 Å². The molecule has 0 atom stereocenters. The first kappa shape index (κ1) is 15.4. The molecule has 0 fully saturated rings. The summed E-state index contributed by atoms with van der Waals surface area (Å²) < 4.78 is 13.2. The number of aromatic nitrogens is 1. The maximum atomic E-state index is 13.2. The minimum absolute atomic E-state index is 0.218. The number of halogens is 1. The lowest BCUT2D eigenvalue weighted by Crippen LogP contribution is -2.18. The Labute approximate surface area is 125 Å². The standard InChI is InChI=1S/C17H22FN3/c1-3-9-19-11-14-7-8-16(20-12-14)13-21(2)17-6-4-5-15(18)10-17/h4-8,10,12,19H,3,9,11,13H2,1-2H3. The van der Waals surface area contributed by atoms with Gasteiger partial charge in [-0.3, -0.25) is 4.98 Å². The van der Waals surface area contributed by atoms with Crippen molar-refractivity contribution in [2.75, 3.05) is 18.5 Å². The average Bonchev–Trinajstić information content (AvgIpc) is 2.49. The van der Waals surface area contributed by atoms with Crippen LogP contribution in [0.4, 0.5) is 10.1 Å². The van der Waals surface area contributed by atoms with Crippen LogP contribution in [0.1, 0.15) is 24.6 Å². The Morgan fingerprint density at radius 1 is 1.24 bits per heavy atom. The highest BCUT2D eigenvalue weighted by atomic mass is 19.1. The summed E-state index contributed by atoms with van der Waals surface area (Å²) in [6, 6.07) is 10.7. The van der Waals surface area contributed by atoms with Gasteiger partial charge in [0.2, 0.25) is 0 Å². The first-order chi connectivity index (χ1) is 10.2. The van der Waals surface area contributed by atoms with Gasteiger partial charge in [-0.1, -0.05) is 19.1 Å². The number of nitrogens with one attached hydrogen (secondary N) is 1. The zero-order valence-electron chi connectivity index (χ0n) is 12.6. The zero-order valence-corrected chi connectivity index (χ0v) is 12.6. The number of hydrogen-bond donors (Lipinski definition) is 1. The molecule has 0 aliphatic carbocycles. The van der Waals surface area contributed by atoms with E-state index in [0.29, 0.717) is 6.54 Å². The van der Waals surface area contributed by atoms with Gasteiger partial charge >= 0.3 is 0 Å². The molecular weight excluding hydrogens is 265 g/mol. The Bertz CT molecular complexity index is 554. The van der Waals surface area contributed by atoms with Crippen molar-refractivity contribution in [2.45, 2.75) is 26.4 Å². The molecule has 1 N–H and O–H groups in total. The third kappa shape index (κ3) is 4.83. The van der Waals surface area contributed by atoms with E-state index in [9.17, 15) is 4.39 Å². The van der Waals surface area contributed by atoms with E-state index in [2.05, 4.69) is 23.3 Å². The minimum atomic E-state index is -0.218. The fourth-order valence-electron chi connectivity index (χ4n) is 2.11. The Hall–Kier alpha value is -1.94. The Morgan fingerprint density at radius 3 is 2.76 bits per heavy atom. The number of benzene rings is 1. The smallest absolute Gasteiger partial charge is 0.125 e. The molecule has 0 spiro atoms. The molecule has 0 saturated carbocycles. The van der Waals surface area contributed by atoms with Gasteiger partial charge in [-0.2, -0.15) is 0 Å². The van der Waals surface area contributed by atoms with Gasteiger partial charge in [0.25, 0.3) is 0 Å². The van der Waals surface area contributed by atoms with Crippen molar-refractivity contribution in [1.29, 1.82) is 0 Å². The van der Waals surface area contributed by atoms with Crippen LogP contribution in [0, 0.1) is 5.82 Å². The van der Waals surface area contributed by atoms with Crippen LogP contribution in [0.5, 0.6) is 0 Å². The molecule has 21 heavy (non-hydrogen) atoms. The molecule has 1 aromatic heterocycles. The summed E-state index contributed by atoms with van der Waals surface area (Å²) in [7, 11) is 1.94. The fraction of sp³-hybridized carbons (Fsp3) is 0.353. The second kappa shape index (κ2) is 7.74. The molecule has 112 valence electrons. The Morgan fingerprint density at radius 2 is 2.10 bits per heavy atom. The lowest BCUT2D eigenvalue weighted by molar-refractivity contribution is 0.627. The number of rotatable bonds is 7. The van der Waals surface area contributed by atoms with Crippen LogP contribution >= 0.6 is 0 Å². The average molecular weight is 287 g/mol. The number of nitrogens with zero attached hydrogens (tertiary/aromatic N) is 2. The fourth-order valence-corrected chi connectivity index (χ4v) is 2.11. The van der Waals surface area contributed by atoms with Crippen LogP contribution in [-0.4, -0.2) is 18.6 Å². The molecule has 0 amide bonds. The van der Waals surface area contributed by atoms with Crippen molar-refractivity contribution in [3.63, 3.8) is 0 Å². The molecular formula is C17H22FN3. The second-order valence-corrected chi connectivity index (χ2v) is 5.17. The monoisotopic (exact) mass is 287 g/mol. The molecule has 1 aromatic carbocycles. The largest absolute Gasteiger partial charge is 0.369 e. The van der Waals surface area contributed by atoms with Gasteiger partial charge in [0, 0.05) is 25.5 Å². The summed E-state index contributed by atoms with van der Waals surface area (Å²) in [4.78, 5) is 6.46. The molecule has 2 rings (SSSR count). The molecule has 2 aromatic rings. The van der Waals surface area contributed by atoms with Gasteiger partial charge in [-0.05, 0) is 42.8 Å². The van der Waals surface area contributed by atoms with Gasteiger partial charge in [0.1, 0.15) is 5.82 Å². The highest BCUT2D eigenvalue weighted by molar-refractivity contribution is 5.45. The molecule has 0 aliphatic rings. The molecule has 3 nitrogen and oxygen atoms in total. The van der Waals surface area contributed by atoms with Crippen LogP contribution in [0.2, 0.25) is 0 Å². The maximum Gasteiger partial charge on any atom is 0.125 e. The third-order valence-electron chi connectivity index (χ3n) is 3.29. The predicted octanol–water partition coefficient (Wildman–Crippen LogP) is 3.36. The van der Waals surface area contributed by atoms with E-state index >= 15 is 0 Å². The molecule has 0 saturated heterocycles. The Balaban J connectivity index is 1.93. The van der Waals surface area contributed by atoms with E-state index in [0.717, 1.165) is 30.9 Å². The predicted molar refractivity (Wildman–Crippen MR) is 84.7 cm³/mol. The molecule has 1 heterocycles. The summed E-state index contributed by atoms with van der Waals surface area (Å²) in [5, 5.41) is 3.35. The van der Waals surface area contributed by atoms with Crippen LogP contribution in [0.25, 0.3) is 0 Å². The zero-order chi connectivity index (χ0) is 15.1. The quantitative estimate of drug-likeness (QED) is 0.792. The normalized spacial score (nSPS) is 10.6. The number of hydrogen-bond acceptors (Lipinski definition) is 3. The van der Waals surface area contributed by atoms with Crippen molar-refractivity contribution >= 4 is 5.69 Å². The summed E-state index contributed by atoms with van der Waals surface area (Å²) in [6.45, 7) is 4.67. The Kier molecular flexibility index (Phi) is 5.69. The molecule has 0 unspecified atom stereocenters. The van der Waals surface area contributed by atoms with Crippen LogP contribution in [-0.2, 0) is 13.1 Å². The van der Waals surface area contributed by atoms with Gasteiger partial charge < -0.3 is 10.2 Å². The lowest BCUT2D eigenvalue weighted by Gasteiger charge is -2.19. The van der Waals surface area contributed by atoms with Crippen molar-refractivity contribution in [3.05, 3.63) is 59.7 Å². The van der Waals surface area contributed by atoms with Crippen LogP contribution in [0.3, 0.4) is 0 Å². The van der Waals surface area contributed by atoms with E-state index in [-0.39, 0.29) is 5.82 Å². The van der Waals surface area contributed by atoms with Crippen LogP contribution < -0.4 is 10.2 Å². The summed E-state index contributed by atoms with van der Waals surface area (Å²) in [6.07, 6.45) is 3.03. The van der Waals surface area contributed by atoms with Gasteiger partial charge in [-0.25, -0.2) is 4.39 Å². The van der Waals surface area contributed by atoms with Crippen molar-refractivity contribution in [1.82, 2.24) is 10.3 Å². The number of pyridine rings is 1. The first-order valence-corrected chi connectivity index (χ1v) is 7.30. The molecule has 4 heteroatoms. The van der Waals surface area contributed by atoms with Crippen molar-refractivity contribution < 1.29 is 4.39 Å².